The van der Waals surface area contributed by atoms with Crippen molar-refractivity contribution in [2.75, 3.05) is 13.7 Å². The minimum Gasteiger partial charge on any atom is -0.480 e. The third-order valence-electron chi connectivity index (χ3n) is 3.09. The molecule has 2 aromatic heterocycles. The van der Waals surface area contributed by atoms with Gasteiger partial charge in [0.25, 0.3) is 0 Å². The fraction of sp³-hybridized carbons (Fsp3) is 0.400. The number of aliphatic carboxylic acids is 1. The Kier molecular flexibility index (Phi) is 5.89. The van der Waals surface area contributed by atoms with Gasteiger partial charge in [-0.2, -0.15) is 0 Å². The van der Waals surface area contributed by atoms with E-state index in [1.54, 1.807) is 5.38 Å². The van der Waals surface area contributed by atoms with Crippen LogP contribution in [0.2, 0.25) is 0 Å². The molecule has 1 unspecified atom stereocenters. The number of amides is 1. The molecule has 124 valence electrons. The lowest BCUT2D eigenvalue weighted by Gasteiger charge is -2.13. The number of ether oxygens (including phenoxy) is 1. The summed E-state index contributed by atoms with van der Waals surface area (Å²) in [6, 6.07) is 2.70. The van der Waals surface area contributed by atoms with Crippen molar-refractivity contribution in [2.24, 2.45) is 0 Å². The van der Waals surface area contributed by atoms with Crippen LogP contribution in [-0.4, -0.2) is 41.7 Å². The second-order valence-corrected chi connectivity index (χ2v) is 5.83. The number of hydrogen-bond donors (Lipinski definition) is 2. The van der Waals surface area contributed by atoms with E-state index < -0.39 is 12.0 Å². The third-order valence-corrected chi connectivity index (χ3v) is 3.99. The van der Waals surface area contributed by atoms with Crippen LogP contribution in [0.1, 0.15) is 17.9 Å². The number of thiazole rings is 1. The molecule has 2 heterocycles. The topological polar surface area (TPSA) is 102 Å². The van der Waals surface area contributed by atoms with Crippen LogP contribution in [0.25, 0.3) is 10.8 Å². The van der Waals surface area contributed by atoms with E-state index in [0.29, 0.717) is 16.5 Å². The summed E-state index contributed by atoms with van der Waals surface area (Å²) in [6.07, 6.45) is 0.235. The summed E-state index contributed by atoms with van der Waals surface area (Å²) in [5.74, 6) is -0.0268. The van der Waals surface area contributed by atoms with Gasteiger partial charge in [0.05, 0.1) is 12.1 Å². The average molecular weight is 338 g/mol. The van der Waals surface area contributed by atoms with Crippen LogP contribution in [0, 0.1) is 6.92 Å². The van der Waals surface area contributed by atoms with Crippen LogP contribution < -0.4 is 5.32 Å². The molecular weight excluding hydrogens is 320 g/mol. The van der Waals surface area contributed by atoms with Gasteiger partial charge in [0.1, 0.15) is 11.8 Å². The first-order chi connectivity index (χ1) is 11.0. The summed E-state index contributed by atoms with van der Waals surface area (Å²) in [5.41, 5.74) is 0.576. The van der Waals surface area contributed by atoms with Crippen molar-refractivity contribution in [3.8, 4) is 10.8 Å². The minimum absolute atomic E-state index is 0.0208. The fourth-order valence-corrected chi connectivity index (χ4v) is 2.73. The van der Waals surface area contributed by atoms with Gasteiger partial charge in [-0.1, -0.05) is 0 Å². The number of furan rings is 1. The summed E-state index contributed by atoms with van der Waals surface area (Å²) in [6.45, 7) is 2.10. The van der Waals surface area contributed by atoms with Crippen molar-refractivity contribution in [3.63, 3.8) is 0 Å². The number of carbonyl (C=O) groups excluding carboxylic acids is 1. The first-order valence-corrected chi connectivity index (χ1v) is 7.90. The zero-order valence-corrected chi connectivity index (χ0v) is 13.7. The van der Waals surface area contributed by atoms with Gasteiger partial charge >= 0.3 is 5.97 Å². The molecule has 0 aliphatic heterocycles. The Hall–Kier alpha value is -2.19. The Morgan fingerprint density at radius 1 is 1.48 bits per heavy atom. The molecule has 8 heteroatoms. The molecule has 0 fully saturated rings. The molecule has 0 aliphatic carbocycles. The van der Waals surface area contributed by atoms with Crippen molar-refractivity contribution < 1.29 is 23.8 Å². The second-order valence-electron chi connectivity index (χ2n) is 4.97. The Balaban J connectivity index is 1.95. The molecule has 0 aliphatic rings. The first-order valence-electron chi connectivity index (χ1n) is 7.02. The maximum Gasteiger partial charge on any atom is 0.326 e. The number of methoxy groups -OCH3 is 1. The number of nitrogens with zero attached hydrogens (tertiary/aromatic N) is 1. The van der Waals surface area contributed by atoms with E-state index in [2.05, 4.69) is 10.3 Å². The number of aryl methyl sites for hydroxylation is 1. The lowest BCUT2D eigenvalue weighted by atomic mass is 10.2. The summed E-state index contributed by atoms with van der Waals surface area (Å²) in [7, 11) is 1.48. The molecule has 2 rings (SSSR count). The van der Waals surface area contributed by atoms with Crippen molar-refractivity contribution in [2.45, 2.75) is 25.8 Å². The highest BCUT2D eigenvalue weighted by atomic mass is 32.1. The van der Waals surface area contributed by atoms with E-state index in [1.807, 2.05) is 19.1 Å². The fourth-order valence-electron chi connectivity index (χ4n) is 1.95. The molecule has 0 spiro atoms. The number of hydrogen-bond acceptors (Lipinski definition) is 6. The number of carboxylic acids is 1. The summed E-state index contributed by atoms with van der Waals surface area (Å²) in [5, 5.41) is 14.0. The zero-order chi connectivity index (χ0) is 16.8. The number of rotatable bonds is 8. The molecule has 23 heavy (non-hydrogen) atoms. The molecular formula is C15H18N2O5S. The van der Waals surface area contributed by atoms with E-state index in [1.165, 1.54) is 18.4 Å². The summed E-state index contributed by atoms with van der Waals surface area (Å²) < 4.78 is 10.3. The molecule has 1 atom stereocenters. The Labute approximate surface area is 137 Å². The highest BCUT2D eigenvalue weighted by molar-refractivity contribution is 7.13. The van der Waals surface area contributed by atoms with Crippen molar-refractivity contribution in [1.29, 1.82) is 0 Å². The number of carbonyl (C=O) groups is 2. The monoisotopic (exact) mass is 338 g/mol. The molecule has 0 radical (unpaired) electrons. The summed E-state index contributed by atoms with van der Waals surface area (Å²) in [4.78, 5) is 27.4. The van der Waals surface area contributed by atoms with E-state index in [9.17, 15) is 9.59 Å². The van der Waals surface area contributed by atoms with Crippen molar-refractivity contribution >= 4 is 23.2 Å². The SMILES string of the molecule is COCCC(NC(=O)Cc1csc(-c2ccc(C)o2)n1)C(=O)O. The highest BCUT2D eigenvalue weighted by Gasteiger charge is 2.20. The molecule has 0 bridgehead atoms. The molecule has 2 aromatic rings. The van der Waals surface area contributed by atoms with Crippen LogP contribution >= 0.6 is 11.3 Å². The van der Waals surface area contributed by atoms with Gasteiger partial charge in [-0.15, -0.1) is 11.3 Å². The standard InChI is InChI=1S/C15H18N2O5S/c1-9-3-4-12(22-9)14-16-10(8-23-14)7-13(18)17-11(15(19)20)5-6-21-2/h3-4,8,11H,5-7H2,1-2H3,(H,17,18)(H,19,20). The van der Waals surface area contributed by atoms with Crippen LogP contribution in [0.5, 0.6) is 0 Å². The van der Waals surface area contributed by atoms with Crippen LogP contribution in [-0.2, 0) is 20.7 Å². The maximum absolute atomic E-state index is 12.0. The number of nitrogens with one attached hydrogen (secondary N) is 1. The molecule has 1 amide bonds. The molecule has 2 N–H and O–H groups in total. The van der Waals surface area contributed by atoms with E-state index in [-0.39, 0.29) is 25.4 Å². The predicted molar refractivity (Wildman–Crippen MR) is 84.3 cm³/mol. The summed E-state index contributed by atoms with van der Waals surface area (Å²) >= 11 is 1.38. The van der Waals surface area contributed by atoms with Gasteiger partial charge in [0.15, 0.2) is 10.8 Å². The quantitative estimate of drug-likeness (QED) is 0.762. The first kappa shape index (κ1) is 17.2. The van der Waals surface area contributed by atoms with Crippen LogP contribution in [0.3, 0.4) is 0 Å². The molecule has 0 aromatic carbocycles. The smallest absolute Gasteiger partial charge is 0.326 e. The Morgan fingerprint density at radius 3 is 2.87 bits per heavy atom. The Bertz CT molecular complexity index is 679. The lowest BCUT2D eigenvalue weighted by molar-refractivity contribution is -0.142. The Morgan fingerprint density at radius 2 is 2.26 bits per heavy atom. The van der Waals surface area contributed by atoms with Crippen molar-refractivity contribution in [1.82, 2.24) is 10.3 Å². The minimum atomic E-state index is -1.08. The van der Waals surface area contributed by atoms with Gasteiger partial charge in [0, 0.05) is 25.5 Å². The maximum atomic E-state index is 12.0. The number of aromatic nitrogens is 1. The highest BCUT2D eigenvalue weighted by Crippen LogP contribution is 2.25. The van der Waals surface area contributed by atoms with E-state index >= 15 is 0 Å². The van der Waals surface area contributed by atoms with Gasteiger partial charge in [-0.05, 0) is 19.1 Å². The molecule has 0 saturated carbocycles. The molecule has 0 saturated heterocycles. The lowest BCUT2D eigenvalue weighted by Crippen LogP contribution is -2.42. The second kappa shape index (κ2) is 7.89. The molecule has 7 nitrogen and oxygen atoms in total. The van der Waals surface area contributed by atoms with Gasteiger partial charge in [-0.25, -0.2) is 9.78 Å². The van der Waals surface area contributed by atoms with Gasteiger partial charge in [-0.3, -0.25) is 4.79 Å². The zero-order valence-electron chi connectivity index (χ0n) is 12.9. The normalized spacial score (nSPS) is 12.1. The van der Waals surface area contributed by atoms with Crippen LogP contribution in [0.4, 0.5) is 0 Å². The van der Waals surface area contributed by atoms with Gasteiger partial charge in [0.2, 0.25) is 5.91 Å². The van der Waals surface area contributed by atoms with E-state index in [4.69, 9.17) is 14.3 Å². The van der Waals surface area contributed by atoms with E-state index in [0.717, 1.165) is 5.76 Å². The predicted octanol–water partition coefficient (Wildman–Crippen LogP) is 1.86. The average Bonchev–Trinajstić information content (AvgIpc) is 3.12. The van der Waals surface area contributed by atoms with Gasteiger partial charge < -0.3 is 19.6 Å². The largest absolute Gasteiger partial charge is 0.480 e. The van der Waals surface area contributed by atoms with Crippen LogP contribution in [0.15, 0.2) is 21.9 Å². The number of carboxylic acid groups (broad SMARTS) is 1. The van der Waals surface area contributed by atoms with Crippen molar-refractivity contribution in [3.05, 3.63) is 29.0 Å². The third kappa shape index (κ3) is 4.90.